The van der Waals surface area contributed by atoms with Gasteiger partial charge in [-0.25, -0.2) is 0 Å². The highest BCUT2D eigenvalue weighted by molar-refractivity contribution is 6.26. The Kier molecular flexibility index (Phi) is 5.38. The van der Waals surface area contributed by atoms with E-state index >= 15 is 0 Å². The first-order chi connectivity index (χ1) is 22.8. The van der Waals surface area contributed by atoms with Crippen LogP contribution in [-0.2, 0) is 0 Å². The van der Waals surface area contributed by atoms with Crippen LogP contribution < -0.4 is 0 Å². The van der Waals surface area contributed by atoms with E-state index < -0.39 is 0 Å². The molecule has 0 radical (unpaired) electrons. The Morgan fingerprint density at radius 2 is 0.717 bits per heavy atom. The standard InChI is InChI=1S/C46H28/c1-2-11-32-28-33(25-22-29(32)10-1)30-20-23-31(24-21-30)44-37-14-5-7-16-39(37)46(40-17-8-6-15-38(40)44)43-27-26-42-35-13-4-3-12-34(35)36-18-9-19-41(43)45(36)42/h1-28H. The smallest absolute Gasteiger partial charge is 0.00201 e. The van der Waals surface area contributed by atoms with E-state index in [-0.39, 0.29) is 0 Å². The summed E-state index contributed by atoms with van der Waals surface area (Å²) >= 11 is 0. The molecule has 0 unspecified atom stereocenters. The average molecular weight is 581 g/mol. The second kappa shape index (κ2) is 9.76. The third kappa shape index (κ3) is 3.62. The minimum Gasteiger partial charge on any atom is -0.0616 e. The van der Waals surface area contributed by atoms with Crippen LogP contribution in [0.15, 0.2) is 170 Å². The maximum atomic E-state index is 2.36. The summed E-state index contributed by atoms with van der Waals surface area (Å²) in [7, 11) is 0. The van der Waals surface area contributed by atoms with E-state index in [4.69, 9.17) is 0 Å². The molecule has 9 aromatic carbocycles. The van der Waals surface area contributed by atoms with Crippen LogP contribution in [0, 0.1) is 0 Å². The zero-order valence-electron chi connectivity index (χ0n) is 25.2. The van der Waals surface area contributed by atoms with Crippen LogP contribution in [-0.4, -0.2) is 0 Å². The lowest BCUT2D eigenvalue weighted by Crippen LogP contribution is -1.92. The lowest BCUT2D eigenvalue weighted by Gasteiger charge is -2.19. The molecular formula is C46H28. The summed E-state index contributed by atoms with van der Waals surface area (Å²) in [6.45, 7) is 0. The fraction of sp³-hybridized carbons (Fsp3) is 0. The average Bonchev–Trinajstić information content (AvgIpc) is 3.46. The fourth-order valence-electron chi connectivity index (χ4n) is 7.95. The molecule has 0 spiro atoms. The Hall–Kier alpha value is -5.98. The highest BCUT2D eigenvalue weighted by atomic mass is 14.3. The predicted octanol–water partition coefficient (Wildman–Crippen LogP) is 12.9. The molecule has 0 heteroatoms. The number of fused-ring (bicyclic) bond motifs is 6. The van der Waals surface area contributed by atoms with Crippen LogP contribution >= 0.6 is 0 Å². The van der Waals surface area contributed by atoms with Crippen LogP contribution in [0.25, 0.3) is 98.7 Å². The lowest BCUT2D eigenvalue weighted by molar-refractivity contribution is 1.63. The monoisotopic (exact) mass is 580 g/mol. The van der Waals surface area contributed by atoms with Crippen LogP contribution in [0.2, 0.25) is 0 Å². The van der Waals surface area contributed by atoms with Crippen molar-refractivity contribution in [1.82, 2.24) is 0 Å². The highest BCUT2D eigenvalue weighted by Gasteiger charge is 2.24. The maximum absolute atomic E-state index is 2.36. The molecule has 1 aliphatic carbocycles. The van der Waals surface area contributed by atoms with Gasteiger partial charge in [0.2, 0.25) is 0 Å². The normalized spacial score (nSPS) is 11.9. The highest BCUT2D eigenvalue weighted by Crippen LogP contribution is 2.51. The number of benzene rings is 9. The first kappa shape index (κ1) is 25.4. The molecule has 0 fully saturated rings. The molecule has 212 valence electrons. The van der Waals surface area contributed by atoms with Gasteiger partial charge in [0.25, 0.3) is 0 Å². The molecule has 0 saturated carbocycles. The van der Waals surface area contributed by atoms with Gasteiger partial charge >= 0.3 is 0 Å². The van der Waals surface area contributed by atoms with Gasteiger partial charge in [0, 0.05) is 0 Å². The van der Waals surface area contributed by atoms with Gasteiger partial charge in [-0.3, -0.25) is 0 Å². The molecule has 0 aliphatic heterocycles. The molecule has 9 aromatic rings. The number of rotatable bonds is 3. The molecule has 10 rings (SSSR count). The molecular weight excluding hydrogens is 553 g/mol. The molecule has 1 aliphatic rings. The van der Waals surface area contributed by atoms with E-state index in [9.17, 15) is 0 Å². The largest absolute Gasteiger partial charge is 0.0616 e. The Labute approximate surface area is 267 Å². The van der Waals surface area contributed by atoms with Crippen molar-refractivity contribution >= 4 is 43.1 Å². The van der Waals surface area contributed by atoms with Crippen molar-refractivity contribution in [3.63, 3.8) is 0 Å². The minimum atomic E-state index is 1.23. The summed E-state index contributed by atoms with van der Waals surface area (Å²) in [6, 6.07) is 62.7. The zero-order chi connectivity index (χ0) is 30.2. The van der Waals surface area contributed by atoms with E-state index in [2.05, 4.69) is 170 Å². The lowest BCUT2D eigenvalue weighted by atomic mass is 9.84. The quantitative estimate of drug-likeness (QED) is 0.182. The van der Waals surface area contributed by atoms with Gasteiger partial charge in [0.05, 0.1) is 0 Å². The molecule has 0 amide bonds. The Balaban J connectivity index is 1.20. The van der Waals surface area contributed by atoms with Gasteiger partial charge < -0.3 is 0 Å². The summed E-state index contributed by atoms with van der Waals surface area (Å²) in [5, 5.41) is 10.3. The zero-order valence-corrected chi connectivity index (χ0v) is 25.2. The van der Waals surface area contributed by atoms with Crippen molar-refractivity contribution in [2.45, 2.75) is 0 Å². The Morgan fingerprint density at radius 1 is 0.239 bits per heavy atom. The summed E-state index contributed by atoms with van der Waals surface area (Å²) in [5.74, 6) is 0. The molecule has 0 heterocycles. The van der Waals surface area contributed by atoms with Crippen molar-refractivity contribution in [3.05, 3.63) is 170 Å². The van der Waals surface area contributed by atoms with E-state index in [0.717, 1.165) is 0 Å². The molecule has 0 saturated heterocycles. The van der Waals surface area contributed by atoms with E-state index in [1.54, 1.807) is 0 Å². The SMILES string of the molecule is c1ccc2c(c1)-c1cccc3c(-c4c5ccccc5c(-c5ccc(-c6ccc7ccccc7c6)cc5)c5ccccc45)ccc-2c13. The van der Waals surface area contributed by atoms with Crippen LogP contribution in [0.4, 0.5) is 0 Å². The van der Waals surface area contributed by atoms with Gasteiger partial charge in [-0.15, -0.1) is 0 Å². The molecule has 0 nitrogen and oxygen atoms in total. The third-order valence-electron chi connectivity index (χ3n) is 10.0. The minimum absolute atomic E-state index is 1.23. The second-order valence-electron chi connectivity index (χ2n) is 12.4. The van der Waals surface area contributed by atoms with Crippen molar-refractivity contribution in [1.29, 1.82) is 0 Å². The van der Waals surface area contributed by atoms with E-state index in [1.165, 1.54) is 98.7 Å². The van der Waals surface area contributed by atoms with Crippen molar-refractivity contribution in [2.24, 2.45) is 0 Å². The topological polar surface area (TPSA) is 0 Å². The van der Waals surface area contributed by atoms with Gasteiger partial charge in [-0.05, 0) is 105 Å². The summed E-state index contributed by atoms with van der Waals surface area (Å²) in [4.78, 5) is 0. The van der Waals surface area contributed by atoms with Crippen LogP contribution in [0.5, 0.6) is 0 Å². The molecule has 0 bridgehead atoms. The van der Waals surface area contributed by atoms with Gasteiger partial charge in [-0.1, -0.05) is 164 Å². The van der Waals surface area contributed by atoms with Crippen molar-refractivity contribution in [3.8, 4) is 55.6 Å². The summed E-state index contributed by atoms with van der Waals surface area (Å²) in [5.41, 5.74) is 12.9. The summed E-state index contributed by atoms with van der Waals surface area (Å²) < 4.78 is 0. The van der Waals surface area contributed by atoms with Crippen molar-refractivity contribution in [2.75, 3.05) is 0 Å². The predicted molar refractivity (Wildman–Crippen MR) is 197 cm³/mol. The fourth-order valence-corrected chi connectivity index (χ4v) is 7.95. The number of hydrogen-bond donors (Lipinski definition) is 0. The van der Waals surface area contributed by atoms with Gasteiger partial charge in [0.1, 0.15) is 0 Å². The van der Waals surface area contributed by atoms with E-state index in [1.807, 2.05) is 0 Å². The maximum Gasteiger partial charge on any atom is -0.00201 e. The van der Waals surface area contributed by atoms with E-state index in [0.29, 0.717) is 0 Å². The first-order valence-electron chi connectivity index (χ1n) is 16.0. The molecule has 0 atom stereocenters. The Morgan fingerprint density at radius 3 is 1.41 bits per heavy atom. The van der Waals surface area contributed by atoms with Gasteiger partial charge in [0.15, 0.2) is 0 Å². The summed E-state index contributed by atoms with van der Waals surface area (Å²) in [6.07, 6.45) is 0. The van der Waals surface area contributed by atoms with Crippen molar-refractivity contribution < 1.29 is 0 Å². The molecule has 46 heavy (non-hydrogen) atoms. The van der Waals surface area contributed by atoms with Crippen LogP contribution in [0.1, 0.15) is 0 Å². The first-order valence-corrected chi connectivity index (χ1v) is 16.0. The van der Waals surface area contributed by atoms with Crippen LogP contribution in [0.3, 0.4) is 0 Å². The van der Waals surface area contributed by atoms with Gasteiger partial charge in [-0.2, -0.15) is 0 Å². The third-order valence-corrected chi connectivity index (χ3v) is 10.0. The Bertz CT molecular complexity index is 2590. The second-order valence-corrected chi connectivity index (χ2v) is 12.4. The molecule has 0 aromatic heterocycles. The molecule has 0 N–H and O–H groups in total. The number of hydrogen-bond acceptors (Lipinski definition) is 0.